The average molecular weight is 503 g/mol. The molecule has 184 valence electrons. The van der Waals surface area contributed by atoms with Crippen LogP contribution in [0.5, 0.6) is 0 Å². The number of thiophene rings is 1. The first-order valence-corrected chi connectivity index (χ1v) is 13.1. The summed E-state index contributed by atoms with van der Waals surface area (Å²) >= 11 is 1.25. The van der Waals surface area contributed by atoms with Crippen LogP contribution in [-0.2, 0) is 4.79 Å². The molecule has 2 aliphatic carbocycles. The molecule has 3 aromatic heterocycles. The highest BCUT2D eigenvalue weighted by Gasteiger charge is 2.35. The summed E-state index contributed by atoms with van der Waals surface area (Å²) in [6.45, 7) is 3.50. The maximum atomic E-state index is 13.4. The van der Waals surface area contributed by atoms with Crippen LogP contribution in [0.1, 0.15) is 59.8 Å². The predicted octanol–water partition coefficient (Wildman–Crippen LogP) is 4.60. The molecule has 0 spiro atoms. The van der Waals surface area contributed by atoms with Gasteiger partial charge in [0.1, 0.15) is 9.71 Å². The summed E-state index contributed by atoms with van der Waals surface area (Å²) in [7, 11) is 0. The smallest absolute Gasteiger partial charge is 0.331 e. The predicted molar refractivity (Wildman–Crippen MR) is 139 cm³/mol. The van der Waals surface area contributed by atoms with E-state index in [0.717, 1.165) is 48.9 Å². The van der Waals surface area contributed by atoms with E-state index in [4.69, 9.17) is 0 Å². The topological polar surface area (TPSA) is 116 Å². The number of hydrogen-bond donors (Lipinski definition) is 3. The Kier molecular flexibility index (Phi) is 5.67. The molecule has 0 aromatic carbocycles. The van der Waals surface area contributed by atoms with E-state index in [9.17, 15) is 14.4 Å². The Bertz CT molecular complexity index is 1400. The maximum absolute atomic E-state index is 13.4. The highest BCUT2D eigenvalue weighted by molar-refractivity contribution is 7.21. The van der Waals surface area contributed by atoms with Gasteiger partial charge in [0.05, 0.1) is 22.4 Å². The molecule has 10 heteroatoms. The third-order valence-electron chi connectivity index (χ3n) is 7.34. The molecule has 0 saturated heterocycles. The molecular formula is C26H26N6O3S. The van der Waals surface area contributed by atoms with E-state index in [2.05, 4.69) is 32.5 Å². The largest absolute Gasteiger partial charge is 0.348 e. The van der Waals surface area contributed by atoms with Gasteiger partial charge in [-0.05, 0) is 56.4 Å². The molecule has 3 aliphatic rings. The van der Waals surface area contributed by atoms with Gasteiger partial charge in [0.25, 0.3) is 5.91 Å². The normalized spacial score (nSPS) is 21.1. The molecule has 2 fully saturated rings. The van der Waals surface area contributed by atoms with Crippen molar-refractivity contribution in [1.82, 2.24) is 20.6 Å². The Labute approximate surface area is 212 Å². The van der Waals surface area contributed by atoms with Crippen molar-refractivity contribution in [3.05, 3.63) is 53.8 Å². The number of anilines is 3. The Morgan fingerprint density at radius 2 is 1.83 bits per heavy atom. The molecule has 2 atom stereocenters. The van der Waals surface area contributed by atoms with Crippen molar-refractivity contribution in [3.63, 3.8) is 0 Å². The van der Waals surface area contributed by atoms with E-state index < -0.39 is 0 Å². The standard InChI is InChI=1S/C26H26N6O3S/c1-2-20(33)29-16-7-4-8-17(16)30-24(34)23-22-21-19(10-12-28-25(21)36-23)32(26(35)31-22)15-9-11-27-18(13-15)14-5-3-6-14/h2,9-14,16-17H,1,3-8H2,(H,29,33)(H,30,34)(H,31,35)/t16-,17-/m1/s1. The molecule has 9 nitrogen and oxygen atoms in total. The zero-order chi connectivity index (χ0) is 24.8. The van der Waals surface area contributed by atoms with Gasteiger partial charge in [-0.25, -0.2) is 9.78 Å². The lowest BCUT2D eigenvalue weighted by molar-refractivity contribution is -0.117. The van der Waals surface area contributed by atoms with E-state index in [1.54, 1.807) is 23.4 Å². The highest BCUT2D eigenvalue weighted by atomic mass is 32.1. The van der Waals surface area contributed by atoms with Crippen molar-refractivity contribution >= 4 is 56.5 Å². The second kappa shape index (κ2) is 9.02. The van der Waals surface area contributed by atoms with Gasteiger partial charge in [-0.3, -0.25) is 19.5 Å². The fourth-order valence-electron chi connectivity index (χ4n) is 5.28. The first-order valence-electron chi connectivity index (χ1n) is 12.3. The third-order valence-corrected chi connectivity index (χ3v) is 8.44. The molecule has 0 bridgehead atoms. The lowest BCUT2D eigenvalue weighted by atomic mass is 9.82. The number of aromatic nitrogens is 2. The average Bonchev–Trinajstić information content (AvgIpc) is 3.43. The number of carbonyl (C=O) groups excluding carboxylic acids is 3. The van der Waals surface area contributed by atoms with Crippen molar-refractivity contribution < 1.29 is 14.4 Å². The van der Waals surface area contributed by atoms with Crippen LogP contribution in [0.15, 0.2) is 43.2 Å². The van der Waals surface area contributed by atoms with Crippen LogP contribution in [0.3, 0.4) is 0 Å². The summed E-state index contributed by atoms with van der Waals surface area (Å²) in [6, 6.07) is 4.95. The first-order chi connectivity index (χ1) is 17.5. The quantitative estimate of drug-likeness (QED) is 0.426. The molecular weight excluding hydrogens is 476 g/mol. The second-order valence-electron chi connectivity index (χ2n) is 9.48. The van der Waals surface area contributed by atoms with Crippen molar-refractivity contribution in [1.29, 1.82) is 0 Å². The van der Waals surface area contributed by atoms with Gasteiger partial charge in [0.15, 0.2) is 0 Å². The van der Waals surface area contributed by atoms with Gasteiger partial charge < -0.3 is 16.0 Å². The lowest BCUT2D eigenvalue weighted by Gasteiger charge is -2.30. The number of rotatable bonds is 6. The van der Waals surface area contributed by atoms with Crippen LogP contribution in [-0.4, -0.2) is 39.9 Å². The number of urea groups is 1. The lowest BCUT2D eigenvalue weighted by Crippen LogP contribution is -2.48. The molecule has 0 unspecified atom stereocenters. The monoisotopic (exact) mass is 502 g/mol. The highest BCUT2D eigenvalue weighted by Crippen LogP contribution is 2.46. The molecule has 2 saturated carbocycles. The minimum atomic E-state index is -0.329. The van der Waals surface area contributed by atoms with Crippen molar-refractivity contribution in [2.75, 3.05) is 10.2 Å². The molecule has 36 heavy (non-hydrogen) atoms. The zero-order valence-corrected chi connectivity index (χ0v) is 20.4. The number of amides is 4. The van der Waals surface area contributed by atoms with Gasteiger partial charge in [-0.2, -0.15) is 0 Å². The van der Waals surface area contributed by atoms with Crippen LogP contribution in [0.4, 0.5) is 21.9 Å². The molecule has 1 aliphatic heterocycles. The molecule has 4 heterocycles. The fourth-order valence-corrected chi connectivity index (χ4v) is 6.31. The van der Waals surface area contributed by atoms with Crippen molar-refractivity contribution in [2.45, 2.75) is 56.5 Å². The van der Waals surface area contributed by atoms with E-state index in [0.29, 0.717) is 27.0 Å². The Morgan fingerprint density at radius 1 is 1.08 bits per heavy atom. The first kappa shape index (κ1) is 22.7. The van der Waals surface area contributed by atoms with Crippen LogP contribution in [0, 0.1) is 0 Å². The minimum absolute atomic E-state index is 0.152. The zero-order valence-electron chi connectivity index (χ0n) is 19.6. The van der Waals surface area contributed by atoms with E-state index in [1.165, 1.54) is 23.8 Å². The maximum Gasteiger partial charge on any atom is 0.331 e. The number of carbonyl (C=O) groups is 3. The number of nitrogens with zero attached hydrogens (tertiary/aromatic N) is 3. The van der Waals surface area contributed by atoms with Crippen LogP contribution >= 0.6 is 11.3 Å². The molecule has 3 N–H and O–H groups in total. The number of pyridine rings is 2. The Hall–Kier alpha value is -3.79. The number of nitrogens with one attached hydrogen (secondary N) is 3. The van der Waals surface area contributed by atoms with Crippen molar-refractivity contribution in [3.8, 4) is 0 Å². The number of hydrogen-bond acceptors (Lipinski definition) is 6. The van der Waals surface area contributed by atoms with Gasteiger partial charge in [0, 0.05) is 36.1 Å². The van der Waals surface area contributed by atoms with Crippen molar-refractivity contribution in [2.24, 2.45) is 0 Å². The molecule has 4 amide bonds. The molecule has 6 rings (SSSR count). The fraction of sp³-hybridized carbons (Fsp3) is 0.346. The van der Waals surface area contributed by atoms with Gasteiger partial charge in [-0.15, -0.1) is 11.3 Å². The van der Waals surface area contributed by atoms with Crippen LogP contribution in [0.25, 0.3) is 10.2 Å². The summed E-state index contributed by atoms with van der Waals surface area (Å²) < 4.78 is 0. The van der Waals surface area contributed by atoms with Gasteiger partial charge >= 0.3 is 6.03 Å². The summed E-state index contributed by atoms with van der Waals surface area (Å²) in [4.78, 5) is 50.3. The minimum Gasteiger partial charge on any atom is -0.348 e. The second-order valence-corrected chi connectivity index (χ2v) is 10.5. The molecule has 0 radical (unpaired) electrons. The molecule has 3 aromatic rings. The van der Waals surface area contributed by atoms with Crippen LogP contribution < -0.4 is 20.9 Å². The van der Waals surface area contributed by atoms with E-state index in [1.807, 2.05) is 12.1 Å². The van der Waals surface area contributed by atoms with Crippen LogP contribution in [0.2, 0.25) is 0 Å². The summed E-state index contributed by atoms with van der Waals surface area (Å²) in [5, 5.41) is 9.66. The summed E-state index contributed by atoms with van der Waals surface area (Å²) in [5.41, 5.74) is 2.92. The van der Waals surface area contributed by atoms with E-state index >= 15 is 0 Å². The Morgan fingerprint density at radius 3 is 2.58 bits per heavy atom. The summed E-state index contributed by atoms with van der Waals surface area (Å²) in [5.74, 6) is -0.0949. The van der Waals surface area contributed by atoms with E-state index in [-0.39, 0.29) is 29.9 Å². The van der Waals surface area contributed by atoms with Gasteiger partial charge in [-0.1, -0.05) is 13.0 Å². The SMILES string of the molecule is C=CC(=O)N[C@@H]1CCC[C@H]1NC(=O)c1sc2nccc3c2c1NC(=O)N3c1ccnc(C2CCC2)c1. The third kappa shape index (κ3) is 3.81. The van der Waals surface area contributed by atoms with Gasteiger partial charge in [0.2, 0.25) is 5.91 Å². The summed E-state index contributed by atoms with van der Waals surface area (Å²) in [6.07, 6.45) is 10.5. The Balaban J connectivity index is 1.32.